The van der Waals surface area contributed by atoms with Gasteiger partial charge in [-0.25, -0.2) is 0 Å². The molecule has 1 aliphatic carbocycles. The lowest BCUT2D eigenvalue weighted by molar-refractivity contribution is -0.137. The second-order valence-electron chi connectivity index (χ2n) is 6.40. The van der Waals surface area contributed by atoms with Gasteiger partial charge in [0.05, 0.1) is 6.42 Å². The number of nitrogens with zero attached hydrogens (tertiary/aromatic N) is 1. The molecule has 0 spiro atoms. The van der Waals surface area contributed by atoms with Crippen molar-refractivity contribution in [3.05, 3.63) is 36.0 Å². The fourth-order valence-corrected chi connectivity index (χ4v) is 3.66. The van der Waals surface area contributed by atoms with Gasteiger partial charge in [0.1, 0.15) is 0 Å². The van der Waals surface area contributed by atoms with E-state index in [1.54, 1.807) is 0 Å². The van der Waals surface area contributed by atoms with Crippen molar-refractivity contribution in [3.8, 4) is 0 Å². The van der Waals surface area contributed by atoms with Crippen LogP contribution in [-0.4, -0.2) is 15.6 Å². The molecule has 1 aromatic carbocycles. The summed E-state index contributed by atoms with van der Waals surface area (Å²) in [5.41, 5.74) is 2.42. The molecule has 0 saturated heterocycles. The molecule has 112 valence electrons. The number of rotatable bonds is 5. The highest BCUT2D eigenvalue weighted by Crippen LogP contribution is 2.32. The number of benzene rings is 1. The van der Waals surface area contributed by atoms with Crippen molar-refractivity contribution in [2.75, 3.05) is 0 Å². The van der Waals surface area contributed by atoms with Crippen LogP contribution in [0.25, 0.3) is 10.9 Å². The molecule has 21 heavy (non-hydrogen) atoms. The third-order valence-electron chi connectivity index (χ3n) is 4.76. The Morgan fingerprint density at radius 2 is 2.05 bits per heavy atom. The lowest BCUT2D eigenvalue weighted by Crippen LogP contribution is -2.06. The van der Waals surface area contributed by atoms with Crippen LogP contribution in [0.4, 0.5) is 0 Å². The van der Waals surface area contributed by atoms with Crippen molar-refractivity contribution >= 4 is 16.9 Å². The van der Waals surface area contributed by atoms with Gasteiger partial charge < -0.3 is 9.67 Å². The Labute approximate surface area is 125 Å². The Morgan fingerprint density at radius 3 is 2.76 bits per heavy atom. The van der Waals surface area contributed by atoms with E-state index in [1.165, 1.54) is 42.1 Å². The Kier molecular flexibility index (Phi) is 4.00. The van der Waals surface area contributed by atoms with Crippen molar-refractivity contribution in [2.24, 2.45) is 5.92 Å². The first-order valence-corrected chi connectivity index (χ1v) is 7.94. The first kappa shape index (κ1) is 14.2. The van der Waals surface area contributed by atoms with Crippen LogP contribution in [0.1, 0.15) is 50.5 Å². The molecule has 1 unspecified atom stereocenters. The lowest BCUT2D eigenvalue weighted by atomic mass is 9.97. The molecule has 1 fully saturated rings. The lowest BCUT2D eigenvalue weighted by Gasteiger charge is -2.11. The van der Waals surface area contributed by atoms with E-state index in [-0.39, 0.29) is 12.3 Å². The predicted molar refractivity (Wildman–Crippen MR) is 84.6 cm³/mol. The summed E-state index contributed by atoms with van der Waals surface area (Å²) in [6.45, 7) is 3.08. The standard InChI is InChI=1S/C18H23NO2/c1-13(10-18(20)21)16-12-19(11-14-6-2-3-7-14)17-9-5-4-8-15(16)17/h4-5,8-9,12-14H,2-3,6-7,10-11H2,1H3,(H,20,21). The summed E-state index contributed by atoms with van der Waals surface area (Å²) < 4.78 is 2.35. The SMILES string of the molecule is CC(CC(=O)O)c1cn(CC2CCCC2)c2ccccc12. The zero-order valence-electron chi connectivity index (χ0n) is 12.6. The maximum absolute atomic E-state index is 11.0. The summed E-state index contributed by atoms with van der Waals surface area (Å²) >= 11 is 0. The average molecular weight is 285 g/mol. The van der Waals surface area contributed by atoms with E-state index in [4.69, 9.17) is 5.11 Å². The molecule has 3 heteroatoms. The molecule has 0 amide bonds. The summed E-state index contributed by atoms with van der Waals surface area (Å²) in [5.74, 6) is 0.107. The maximum atomic E-state index is 11.0. The summed E-state index contributed by atoms with van der Waals surface area (Å²) in [6, 6.07) is 8.38. The first-order valence-electron chi connectivity index (χ1n) is 7.94. The van der Waals surface area contributed by atoms with Crippen LogP contribution in [0.3, 0.4) is 0 Å². The summed E-state index contributed by atoms with van der Waals surface area (Å²) in [6.07, 6.45) is 7.74. The Bertz CT molecular complexity index is 638. The van der Waals surface area contributed by atoms with Crippen LogP contribution in [0.5, 0.6) is 0 Å². The van der Waals surface area contributed by atoms with E-state index in [2.05, 4.69) is 29.0 Å². The van der Waals surface area contributed by atoms with Crippen molar-refractivity contribution in [1.29, 1.82) is 0 Å². The van der Waals surface area contributed by atoms with Crippen LogP contribution in [0, 0.1) is 5.92 Å². The number of aromatic nitrogens is 1. The highest BCUT2D eigenvalue weighted by atomic mass is 16.4. The summed E-state index contributed by atoms with van der Waals surface area (Å²) in [4.78, 5) is 11.0. The minimum Gasteiger partial charge on any atom is -0.481 e. The third kappa shape index (κ3) is 2.97. The molecule has 3 nitrogen and oxygen atoms in total. The smallest absolute Gasteiger partial charge is 0.303 e. The molecule has 1 atom stereocenters. The highest BCUT2D eigenvalue weighted by Gasteiger charge is 2.20. The second kappa shape index (κ2) is 5.92. The molecule has 3 rings (SSSR count). The van der Waals surface area contributed by atoms with Gasteiger partial charge >= 0.3 is 5.97 Å². The molecular formula is C18H23NO2. The number of hydrogen-bond donors (Lipinski definition) is 1. The molecule has 0 aliphatic heterocycles. The predicted octanol–water partition coefficient (Wildman–Crippen LogP) is 4.41. The second-order valence-corrected chi connectivity index (χ2v) is 6.40. The van der Waals surface area contributed by atoms with E-state index < -0.39 is 5.97 Å². The number of carboxylic acids is 1. The van der Waals surface area contributed by atoms with Gasteiger partial charge in [-0.1, -0.05) is 38.0 Å². The number of hydrogen-bond acceptors (Lipinski definition) is 1. The zero-order valence-corrected chi connectivity index (χ0v) is 12.6. The number of carbonyl (C=O) groups is 1. The molecule has 1 aliphatic rings. The summed E-state index contributed by atoms with van der Waals surface area (Å²) in [7, 11) is 0. The van der Waals surface area contributed by atoms with E-state index in [1.807, 2.05) is 13.0 Å². The molecule has 0 bridgehead atoms. The van der Waals surface area contributed by atoms with Gasteiger partial charge in [0.2, 0.25) is 0 Å². The number of fused-ring (bicyclic) bond motifs is 1. The molecule has 0 radical (unpaired) electrons. The number of aliphatic carboxylic acids is 1. The van der Waals surface area contributed by atoms with Crippen molar-refractivity contribution in [1.82, 2.24) is 4.57 Å². The van der Waals surface area contributed by atoms with Gasteiger partial charge in [-0.05, 0) is 36.3 Å². The van der Waals surface area contributed by atoms with E-state index in [9.17, 15) is 4.79 Å². The van der Waals surface area contributed by atoms with E-state index >= 15 is 0 Å². The van der Waals surface area contributed by atoms with Crippen LogP contribution in [0.2, 0.25) is 0 Å². The molecule has 1 heterocycles. The minimum absolute atomic E-state index is 0.0530. The molecule has 1 N–H and O–H groups in total. The molecule has 2 aromatic rings. The first-order chi connectivity index (χ1) is 10.1. The van der Waals surface area contributed by atoms with Gasteiger partial charge in [-0.15, -0.1) is 0 Å². The quantitative estimate of drug-likeness (QED) is 0.884. The number of carboxylic acid groups (broad SMARTS) is 1. The van der Waals surface area contributed by atoms with Crippen LogP contribution >= 0.6 is 0 Å². The van der Waals surface area contributed by atoms with Crippen molar-refractivity contribution in [2.45, 2.75) is 51.5 Å². The maximum Gasteiger partial charge on any atom is 0.303 e. The van der Waals surface area contributed by atoms with E-state index in [0.717, 1.165) is 12.5 Å². The van der Waals surface area contributed by atoms with Gasteiger partial charge in [-0.3, -0.25) is 4.79 Å². The van der Waals surface area contributed by atoms with Crippen molar-refractivity contribution < 1.29 is 9.90 Å². The van der Waals surface area contributed by atoms with Crippen LogP contribution in [-0.2, 0) is 11.3 Å². The Morgan fingerprint density at radius 1 is 1.33 bits per heavy atom. The van der Waals surface area contributed by atoms with Gasteiger partial charge in [0, 0.05) is 23.6 Å². The Hall–Kier alpha value is -1.77. The van der Waals surface area contributed by atoms with Gasteiger partial charge in [0.15, 0.2) is 0 Å². The normalized spacial score (nSPS) is 17.4. The van der Waals surface area contributed by atoms with Crippen LogP contribution < -0.4 is 0 Å². The van der Waals surface area contributed by atoms with Crippen LogP contribution in [0.15, 0.2) is 30.5 Å². The Balaban J connectivity index is 1.94. The van der Waals surface area contributed by atoms with Gasteiger partial charge in [0.25, 0.3) is 0 Å². The number of para-hydroxylation sites is 1. The zero-order chi connectivity index (χ0) is 14.8. The third-order valence-corrected chi connectivity index (χ3v) is 4.76. The van der Waals surface area contributed by atoms with E-state index in [0.29, 0.717) is 0 Å². The minimum atomic E-state index is -0.727. The van der Waals surface area contributed by atoms with Gasteiger partial charge in [-0.2, -0.15) is 0 Å². The van der Waals surface area contributed by atoms with Crippen molar-refractivity contribution in [3.63, 3.8) is 0 Å². The average Bonchev–Trinajstić information content (AvgIpc) is 3.07. The fourth-order valence-electron chi connectivity index (χ4n) is 3.66. The monoisotopic (exact) mass is 285 g/mol. The topological polar surface area (TPSA) is 42.2 Å². The largest absolute Gasteiger partial charge is 0.481 e. The molecular weight excluding hydrogens is 262 g/mol. The molecule has 1 saturated carbocycles. The fraction of sp³-hybridized carbons (Fsp3) is 0.500. The highest BCUT2D eigenvalue weighted by molar-refractivity contribution is 5.85. The molecule has 1 aromatic heterocycles. The summed E-state index contributed by atoms with van der Waals surface area (Å²) in [5, 5.41) is 10.3.